The van der Waals surface area contributed by atoms with Gasteiger partial charge in [-0.1, -0.05) is 431 Å². The van der Waals surface area contributed by atoms with Gasteiger partial charge in [0.05, 0.1) is 25.4 Å². The van der Waals surface area contributed by atoms with E-state index in [0.29, 0.717) is 19.4 Å². The highest BCUT2D eigenvalue weighted by Crippen LogP contribution is 2.20. The highest BCUT2D eigenvalue weighted by Gasteiger charge is 2.18. The van der Waals surface area contributed by atoms with E-state index in [1.54, 1.807) is 6.08 Å². The minimum absolute atomic E-state index is 0.0292. The molecule has 0 aromatic carbocycles. The SMILES string of the molecule is CCCCCCCCCCCCC/C=C/C(O)C(CO)NC(=O)CCCCCCCCCCCCCCCCCCCCCCCCCCCCCCCCCCCCCCCOC(=O)CCCCCCCCCCCCCCCCCCCCC. The predicted molar refractivity (Wildman–Crippen MR) is 380 cm³/mol. The van der Waals surface area contributed by atoms with Gasteiger partial charge in [-0.3, -0.25) is 9.59 Å². The molecule has 2 unspecified atom stereocenters. The van der Waals surface area contributed by atoms with Gasteiger partial charge in [0.15, 0.2) is 0 Å². The van der Waals surface area contributed by atoms with E-state index in [-0.39, 0.29) is 18.5 Å². The lowest BCUT2D eigenvalue weighted by molar-refractivity contribution is -0.143. The Bertz CT molecular complexity index is 1300. The number of aliphatic hydroxyl groups is 2. The number of unbranched alkanes of at least 4 members (excludes halogenated alkanes) is 65. The first kappa shape index (κ1) is 84.6. The number of hydrogen-bond acceptors (Lipinski definition) is 5. The topological polar surface area (TPSA) is 95.9 Å². The van der Waals surface area contributed by atoms with Crippen LogP contribution in [0.3, 0.4) is 0 Å². The molecule has 0 aliphatic heterocycles. The lowest BCUT2D eigenvalue weighted by atomic mass is 10.0. The molecule has 0 radical (unpaired) electrons. The Hall–Kier alpha value is -1.40. The summed E-state index contributed by atoms with van der Waals surface area (Å²) in [5.41, 5.74) is 0. The number of ether oxygens (including phenoxy) is 1. The van der Waals surface area contributed by atoms with Crippen LogP contribution in [0.1, 0.15) is 463 Å². The number of aliphatic hydroxyl groups excluding tert-OH is 2. The van der Waals surface area contributed by atoms with Crippen molar-refractivity contribution in [3.63, 3.8) is 0 Å². The van der Waals surface area contributed by atoms with Crippen molar-refractivity contribution < 1.29 is 24.5 Å². The van der Waals surface area contributed by atoms with Crippen LogP contribution in [0.4, 0.5) is 0 Å². The minimum atomic E-state index is -0.839. The minimum Gasteiger partial charge on any atom is -0.466 e. The second-order valence-corrected chi connectivity index (χ2v) is 27.8. The molecule has 0 heterocycles. The van der Waals surface area contributed by atoms with Gasteiger partial charge in [0.2, 0.25) is 5.91 Å². The summed E-state index contributed by atoms with van der Waals surface area (Å²) in [7, 11) is 0. The third-order valence-electron chi connectivity index (χ3n) is 19.1. The highest BCUT2D eigenvalue weighted by molar-refractivity contribution is 5.76. The summed E-state index contributed by atoms with van der Waals surface area (Å²) in [5, 5.41) is 23.1. The fourth-order valence-electron chi connectivity index (χ4n) is 13.0. The third-order valence-corrected chi connectivity index (χ3v) is 19.1. The molecule has 0 aliphatic rings. The van der Waals surface area contributed by atoms with Crippen LogP contribution in [-0.4, -0.2) is 47.4 Å². The summed E-state index contributed by atoms with van der Waals surface area (Å²) >= 11 is 0. The predicted octanol–water partition coefficient (Wildman–Crippen LogP) is 26.3. The summed E-state index contributed by atoms with van der Waals surface area (Å²) < 4.78 is 5.52. The van der Waals surface area contributed by atoms with E-state index < -0.39 is 12.1 Å². The molecule has 0 bridgehead atoms. The van der Waals surface area contributed by atoms with E-state index in [4.69, 9.17) is 4.74 Å². The number of allylic oxidation sites excluding steroid dienone is 1. The average Bonchev–Trinajstić information content (AvgIpc) is 3.55. The van der Waals surface area contributed by atoms with Crippen LogP contribution in [0.15, 0.2) is 12.2 Å². The van der Waals surface area contributed by atoms with Crippen LogP contribution < -0.4 is 5.32 Å². The standard InChI is InChI=1S/C80H157NO5/c1-3-5-7-9-11-13-15-17-18-19-39-43-46-50-54-58-62-66-70-74-80(85)86-75-71-67-63-59-55-51-47-44-41-38-36-34-32-30-28-26-24-22-20-21-23-25-27-29-31-33-35-37-40-42-45-49-53-57-61-65-69-73-79(84)81-77(76-82)78(83)72-68-64-60-56-52-48-16-14-12-10-8-6-4-2/h68,72,77-78,82-83H,3-67,69-71,73-76H2,1-2H3,(H,81,84)/b72-68+. The van der Waals surface area contributed by atoms with Gasteiger partial charge in [0.25, 0.3) is 0 Å². The molecule has 0 aromatic rings. The maximum Gasteiger partial charge on any atom is 0.305 e. The molecule has 1 amide bonds. The molecule has 512 valence electrons. The van der Waals surface area contributed by atoms with Crippen molar-refractivity contribution in [3.05, 3.63) is 12.2 Å². The molecular weight excluding hydrogens is 1050 g/mol. The van der Waals surface area contributed by atoms with Gasteiger partial charge in [-0.15, -0.1) is 0 Å². The van der Waals surface area contributed by atoms with Crippen LogP contribution in [0.5, 0.6) is 0 Å². The number of amides is 1. The first-order chi connectivity index (χ1) is 42.5. The fourth-order valence-corrected chi connectivity index (χ4v) is 13.0. The monoisotopic (exact) mass is 1210 g/mol. The zero-order valence-electron chi connectivity index (χ0n) is 58.8. The van der Waals surface area contributed by atoms with E-state index in [0.717, 1.165) is 38.5 Å². The van der Waals surface area contributed by atoms with Gasteiger partial charge < -0.3 is 20.3 Å². The van der Waals surface area contributed by atoms with Crippen molar-refractivity contribution in [2.45, 2.75) is 475 Å². The van der Waals surface area contributed by atoms with E-state index in [2.05, 4.69) is 19.2 Å². The molecule has 3 N–H and O–H groups in total. The van der Waals surface area contributed by atoms with E-state index >= 15 is 0 Å². The maximum absolute atomic E-state index is 12.5. The molecule has 86 heavy (non-hydrogen) atoms. The average molecular weight is 1210 g/mol. The Morgan fingerprint density at radius 3 is 0.791 bits per heavy atom. The molecule has 0 rings (SSSR count). The Labute approximate surface area is 539 Å². The molecule has 0 spiro atoms. The zero-order valence-corrected chi connectivity index (χ0v) is 58.8. The smallest absolute Gasteiger partial charge is 0.305 e. The van der Waals surface area contributed by atoms with Gasteiger partial charge in [-0.25, -0.2) is 0 Å². The molecular formula is C80H157NO5. The van der Waals surface area contributed by atoms with E-state index in [1.807, 2.05) is 6.08 Å². The zero-order chi connectivity index (χ0) is 62.0. The first-order valence-electron chi connectivity index (χ1n) is 40.0. The summed E-state index contributed by atoms with van der Waals surface area (Å²) in [6, 6.07) is -0.622. The number of nitrogens with one attached hydrogen (secondary N) is 1. The normalized spacial score (nSPS) is 12.5. The largest absolute Gasteiger partial charge is 0.466 e. The maximum atomic E-state index is 12.5. The molecule has 0 aromatic heterocycles. The number of carbonyl (C=O) groups is 2. The Kier molecular flexibility index (Phi) is 74.8. The molecule has 0 saturated carbocycles. The molecule has 0 saturated heterocycles. The summed E-state index contributed by atoms with van der Waals surface area (Å²) in [4.78, 5) is 24.6. The van der Waals surface area contributed by atoms with Crippen LogP contribution in [-0.2, 0) is 14.3 Å². The van der Waals surface area contributed by atoms with Gasteiger partial charge >= 0.3 is 5.97 Å². The fraction of sp³-hybridized carbons (Fsp3) is 0.950. The van der Waals surface area contributed by atoms with Gasteiger partial charge in [-0.2, -0.15) is 0 Å². The van der Waals surface area contributed by atoms with E-state index in [9.17, 15) is 19.8 Å². The first-order valence-corrected chi connectivity index (χ1v) is 40.0. The lowest BCUT2D eigenvalue weighted by Crippen LogP contribution is -2.45. The van der Waals surface area contributed by atoms with Crippen LogP contribution in [0, 0.1) is 0 Å². The Balaban J connectivity index is 3.27. The van der Waals surface area contributed by atoms with Crippen LogP contribution >= 0.6 is 0 Å². The van der Waals surface area contributed by atoms with Crippen LogP contribution in [0.2, 0.25) is 0 Å². The van der Waals surface area contributed by atoms with E-state index in [1.165, 1.54) is 398 Å². The van der Waals surface area contributed by atoms with Gasteiger partial charge in [-0.05, 0) is 32.1 Å². The Morgan fingerprint density at radius 1 is 0.314 bits per heavy atom. The summed E-state index contributed by atoms with van der Waals surface area (Å²) in [5.74, 6) is -0.0306. The molecule has 2 atom stereocenters. The van der Waals surface area contributed by atoms with Crippen molar-refractivity contribution in [1.29, 1.82) is 0 Å². The molecule has 6 nitrogen and oxygen atoms in total. The van der Waals surface area contributed by atoms with Gasteiger partial charge in [0, 0.05) is 12.8 Å². The van der Waals surface area contributed by atoms with Crippen molar-refractivity contribution >= 4 is 11.9 Å². The lowest BCUT2D eigenvalue weighted by Gasteiger charge is -2.20. The number of esters is 1. The van der Waals surface area contributed by atoms with Crippen molar-refractivity contribution in [3.8, 4) is 0 Å². The number of hydrogen-bond donors (Lipinski definition) is 3. The highest BCUT2D eigenvalue weighted by atomic mass is 16.5. The molecule has 0 fully saturated rings. The van der Waals surface area contributed by atoms with Crippen LogP contribution in [0.25, 0.3) is 0 Å². The third kappa shape index (κ3) is 71.7. The number of rotatable bonds is 76. The second kappa shape index (κ2) is 76.1. The number of carbonyl (C=O) groups excluding carboxylic acids is 2. The quantitative estimate of drug-likeness (QED) is 0.0320. The van der Waals surface area contributed by atoms with Gasteiger partial charge in [0.1, 0.15) is 0 Å². The van der Waals surface area contributed by atoms with Crippen molar-refractivity contribution in [2.75, 3.05) is 13.2 Å². The summed E-state index contributed by atoms with van der Waals surface area (Å²) in [6.07, 6.45) is 96.4. The van der Waals surface area contributed by atoms with Crippen molar-refractivity contribution in [1.82, 2.24) is 5.32 Å². The Morgan fingerprint density at radius 2 is 0.535 bits per heavy atom. The van der Waals surface area contributed by atoms with Crippen molar-refractivity contribution in [2.24, 2.45) is 0 Å². The molecule has 6 heteroatoms. The molecule has 0 aliphatic carbocycles. The second-order valence-electron chi connectivity index (χ2n) is 27.8. The summed E-state index contributed by atoms with van der Waals surface area (Å²) in [6.45, 7) is 4.95.